The minimum atomic E-state index is -0.480. The summed E-state index contributed by atoms with van der Waals surface area (Å²) in [4.78, 5) is 12.0. The lowest BCUT2D eigenvalue weighted by Gasteiger charge is -2.15. The van der Waals surface area contributed by atoms with E-state index in [2.05, 4.69) is 10.5 Å². The number of aromatic nitrogens is 1. The highest BCUT2D eigenvalue weighted by atomic mass is 16.5. The molecule has 1 heterocycles. The molecule has 1 amide bonds. The van der Waals surface area contributed by atoms with E-state index in [-0.39, 0.29) is 18.9 Å². The zero-order chi connectivity index (χ0) is 14.4. The van der Waals surface area contributed by atoms with Gasteiger partial charge in [-0.25, -0.2) is 0 Å². The monoisotopic (exact) mass is 276 g/mol. The molecule has 0 saturated carbocycles. The third-order valence-electron chi connectivity index (χ3n) is 2.77. The summed E-state index contributed by atoms with van der Waals surface area (Å²) in [5, 5.41) is 15.8. The van der Waals surface area contributed by atoms with Crippen molar-refractivity contribution in [3.63, 3.8) is 0 Å². The van der Waals surface area contributed by atoms with Gasteiger partial charge in [0, 0.05) is 13.2 Å². The topological polar surface area (TPSA) is 84.6 Å². The molecule has 0 radical (unpaired) electrons. The first kappa shape index (κ1) is 14.2. The third-order valence-corrected chi connectivity index (χ3v) is 2.77. The van der Waals surface area contributed by atoms with Gasteiger partial charge in [-0.3, -0.25) is 4.79 Å². The number of nitrogens with zero attached hydrogens (tertiary/aromatic N) is 1. The Kier molecular flexibility index (Phi) is 4.86. The number of carbonyl (C=O) groups excluding carboxylic acids is 1. The van der Waals surface area contributed by atoms with Gasteiger partial charge in [-0.2, -0.15) is 0 Å². The molecule has 6 nitrogen and oxygen atoms in total. The van der Waals surface area contributed by atoms with Crippen LogP contribution in [0.15, 0.2) is 40.9 Å². The molecule has 2 aromatic rings. The van der Waals surface area contributed by atoms with Crippen LogP contribution in [0, 0.1) is 0 Å². The Balaban J connectivity index is 2.05. The van der Waals surface area contributed by atoms with Gasteiger partial charge in [-0.05, 0) is 5.56 Å². The highest BCUT2D eigenvalue weighted by Gasteiger charge is 2.17. The number of methoxy groups -OCH3 is 1. The van der Waals surface area contributed by atoms with Crippen LogP contribution in [0.4, 0.5) is 0 Å². The van der Waals surface area contributed by atoms with E-state index in [4.69, 9.17) is 9.26 Å². The van der Waals surface area contributed by atoms with Crippen molar-refractivity contribution >= 4 is 5.91 Å². The lowest BCUT2D eigenvalue weighted by Crippen LogP contribution is -2.30. The molecular weight excluding hydrogens is 260 g/mol. The standard InChI is InChI=1S/C14H16N2O4/c1-19-9-11-7-12(16-20-11)14(18)15-13(8-17)10-5-3-2-4-6-10/h2-7,13,17H,8-9H2,1H3,(H,15,18). The molecule has 20 heavy (non-hydrogen) atoms. The van der Waals surface area contributed by atoms with Gasteiger partial charge >= 0.3 is 0 Å². The molecular formula is C14H16N2O4. The van der Waals surface area contributed by atoms with Crippen molar-refractivity contribution in [1.82, 2.24) is 10.5 Å². The summed E-state index contributed by atoms with van der Waals surface area (Å²) in [5.41, 5.74) is 0.982. The van der Waals surface area contributed by atoms with E-state index in [0.29, 0.717) is 5.76 Å². The van der Waals surface area contributed by atoms with Gasteiger partial charge in [0.1, 0.15) is 6.61 Å². The average molecular weight is 276 g/mol. The second kappa shape index (κ2) is 6.83. The first-order valence-electron chi connectivity index (χ1n) is 6.15. The summed E-state index contributed by atoms with van der Waals surface area (Å²) in [6.45, 7) is 0.0565. The molecule has 0 saturated heterocycles. The van der Waals surface area contributed by atoms with Gasteiger partial charge in [0.05, 0.1) is 12.6 Å². The van der Waals surface area contributed by atoms with E-state index >= 15 is 0 Å². The second-order valence-electron chi connectivity index (χ2n) is 4.23. The minimum Gasteiger partial charge on any atom is -0.394 e. The van der Waals surface area contributed by atoms with Crippen LogP contribution in [0.3, 0.4) is 0 Å². The van der Waals surface area contributed by atoms with E-state index < -0.39 is 11.9 Å². The van der Waals surface area contributed by atoms with E-state index in [0.717, 1.165) is 5.56 Å². The van der Waals surface area contributed by atoms with Crippen LogP contribution in [-0.4, -0.2) is 29.9 Å². The highest BCUT2D eigenvalue weighted by molar-refractivity contribution is 5.92. The number of rotatable bonds is 6. The number of carbonyl (C=O) groups is 1. The summed E-state index contributed by atoms with van der Waals surface area (Å²) in [6, 6.07) is 10.3. The van der Waals surface area contributed by atoms with Crippen molar-refractivity contribution in [2.24, 2.45) is 0 Å². The Bertz CT molecular complexity index is 553. The van der Waals surface area contributed by atoms with Crippen molar-refractivity contribution in [2.45, 2.75) is 12.6 Å². The molecule has 0 aliphatic rings. The Morgan fingerprint density at radius 3 is 2.85 bits per heavy atom. The van der Waals surface area contributed by atoms with Gasteiger partial charge in [0.25, 0.3) is 5.91 Å². The number of ether oxygens (including phenoxy) is 1. The molecule has 1 unspecified atom stereocenters. The second-order valence-corrected chi connectivity index (χ2v) is 4.23. The van der Waals surface area contributed by atoms with Crippen molar-refractivity contribution in [2.75, 3.05) is 13.7 Å². The Labute approximate surface area is 116 Å². The lowest BCUT2D eigenvalue weighted by molar-refractivity contribution is 0.0906. The van der Waals surface area contributed by atoms with Gasteiger partial charge in [-0.1, -0.05) is 35.5 Å². The van der Waals surface area contributed by atoms with Crippen LogP contribution in [0.1, 0.15) is 27.9 Å². The zero-order valence-corrected chi connectivity index (χ0v) is 11.1. The van der Waals surface area contributed by atoms with Crippen molar-refractivity contribution in [1.29, 1.82) is 0 Å². The fourth-order valence-electron chi connectivity index (χ4n) is 1.78. The number of aliphatic hydroxyl groups is 1. The zero-order valence-electron chi connectivity index (χ0n) is 11.1. The molecule has 106 valence electrons. The van der Waals surface area contributed by atoms with Gasteiger partial charge in [-0.15, -0.1) is 0 Å². The Hall–Kier alpha value is -2.18. The van der Waals surface area contributed by atoms with Crippen LogP contribution in [-0.2, 0) is 11.3 Å². The molecule has 1 atom stereocenters. The normalized spacial score (nSPS) is 12.1. The molecule has 6 heteroatoms. The summed E-state index contributed by atoms with van der Waals surface area (Å²) >= 11 is 0. The fraction of sp³-hybridized carbons (Fsp3) is 0.286. The number of nitrogens with one attached hydrogen (secondary N) is 1. The minimum absolute atomic E-state index is 0.159. The third kappa shape index (κ3) is 3.43. The van der Waals surface area contributed by atoms with Crippen LogP contribution in [0.25, 0.3) is 0 Å². The summed E-state index contributed by atoms with van der Waals surface area (Å²) in [7, 11) is 1.53. The molecule has 0 aliphatic carbocycles. The largest absolute Gasteiger partial charge is 0.394 e. The Morgan fingerprint density at radius 2 is 2.20 bits per heavy atom. The van der Waals surface area contributed by atoms with E-state index in [9.17, 15) is 9.90 Å². The SMILES string of the molecule is COCc1cc(C(=O)NC(CO)c2ccccc2)no1. The maximum atomic E-state index is 12.0. The van der Waals surface area contributed by atoms with Crippen LogP contribution >= 0.6 is 0 Å². The molecule has 2 rings (SSSR count). The lowest BCUT2D eigenvalue weighted by atomic mass is 10.1. The average Bonchev–Trinajstić information content (AvgIpc) is 2.94. The first-order valence-corrected chi connectivity index (χ1v) is 6.15. The van der Waals surface area contributed by atoms with Gasteiger partial charge in [0.2, 0.25) is 0 Å². The van der Waals surface area contributed by atoms with Crippen LogP contribution in [0.2, 0.25) is 0 Å². The van der Waals surface area contributed by atoms with Crippen molar-refractivity contribution in [3.8, 4) is 0 Å². The van der Waals surface area contributed by atoms with Gasteiger partial charge in [0.15, 0.2) is 11.5 Å². The maximum Gasteiger partial charge on any atom is 0.274 e. The number of hydrogen-bond acceptors (Lipinski definition) is 5. The summed E-state index contributed by atoms with van der Waals surface area (Å²) in [6.07, 6.45) is 0. The quantitative estimate of drug-likeness (QED) is 0.830. The Morgan fingerprint density at radius 1 is 1.45 bits per heavy atom. The smallest absolute Gasteiger partial charge is 0.274 e. The molecule has 1 aromatic heterocycles. The summed E-state index contributed by atoms with van der Waals surface area (Å²) < 4.78 is 9.84. The predicted octanol–water partition coefficient (Wildman–Crippen LogP) is 1.28. The fourth-order valence-corrected chi connectivity index (χ4v) is 1.78. The molecule has 0 spiro atoms. The molecule has 0 bridgehead atoms. The first-order chi connectivity index (χ1) is 9.74. The molecule has 1 aromatic carbocycles. The number of hydrogen-bond donors (Lipinski definition) is 2. The van der Waals surface area contributed by atoms with E-state index in [1.54, 1.807) is 0 Å². The van der Waals surface area contributed by atoms with E-state index in [1.165, 1.54) is 13.2 Å². The highest BCUT2D eigenvalue weighted by Crippen LogP contribution is 2.13. The number of aliphatic hydroxyl groups excluding tert-OH is 1. The van der Waals surface area contributed by atoms with Crippen LogP contribution in [0.5, 0.6) is 0 Å². The van der Waals surface area contributed by atoms with Crippen molar-refractivity contribution < 1.29 is 19.2 Å². The van der Waals surface area contributed by atoms with Gasteiger partial charge < -0.3 is 19.7 Å². The van der Waals surface area contributed by atoms with E-state index in [1.807, 2.05) is 30.3 Å². The molecule has 0 fully saturated rings. The number of amides is 1. The van der Waals surface area contributed by atoms with Crippen LogP contribution < -0.4 is 5.32 Å². The summed E-state index contributed by atoms with van der Waals surface area (Å²) in [5.74, 6) is 0.0666. The predicted molar refractivity (Wildman–Crippen MR) is 71.0 cm³/mol. The number of benzene rings is 1. The molecule has 2 N–H and O–H groups in total. The molecule has 0 aliphatic heterocycles. The van der Waals surface area contributed by atoms with Crippen molar-refractivity contribution in [3.05, 3.63) is 53.4 Å². The maximum absolute atomic E-state index is 12.0.